The van der Waals surface area contributed by atoms with Gasteiger partial charge >= 0.3 is 6.03 Å². The predicted molar refractivity (Wildman–Crippen MR) is 115 cm³/mol. The monoisotopic (exact) mass is 556 g/mol. The van der Waals surface area contributed by atoms with Crippen LogP contribution in [0.25, 0.3) is 6.08 Å². The van der Waals surface area contributed by atoms with Gasteiger partial charge in [-0.15, -0.1) is 0 Å². The van der Waals surface area contributed by atoms with Crippen LogP contribution in [0.15, 0.2) is 46.4 Å². The number of phenols is 1. The number of barbiturate groups is 1. The molecule has 0 unspecified atom stereocenters. The van der Waals surface area contributed by atoms with Crippen molar-refractivity contribution in [2.24, 2.45) is 0 Å². The maximum Gasteiger partial charge on any atom is 0.335 e. The van der Waals surface area contributed by atoms with E-state index in [1.165, 1.54) is 6.08 Å². The van der Waals surface area contributed by atoms with Gasteiger partial charge in [0.25, 0.3) is 11.8 Å². The number of urea groups is 1. The summed E-state index contributed by atoms with van der Waals surface area (Å²) < 4.78 is 6.32. The van der Waals surface area contributed by atoms with E-state index in [9.17, 15) is 19.5 Å². The number of aromatic hydroxyl groups is 1. The van der Waals surface area contributed by atoms with E-state index in [0.29, 0.717) is 31.7 Å². The number of phenolic OH excluding ortho intramolecular Hbond substituents is 1. The van der Waals surface area contributed by atoms with E-state index in [1.54, 1.807) is 36.4 Å². The van der Waals surface area contributed by atoms with Crippen molar-refractivity contribution in [3.63, 3.8) is 0 Å². The highest BCUT2D eigenvalue weighted by Gasteiger charge is 2.36. The Hall–Kier alpha value is -2.40. The first-order chi connectivity index (χ1) is 13.3. The van der Waals surface area contributed by atoms with Crippen molar-refractivity contribution in [2.45, 2.75) is 6.92 Å². The number of hydrogen-bond acceptors (Lipinski definition) is 5. The summed E-state index contributed by atoms with van der Waals surface area (Å²) in [7, 11) is 0. The molecule has 0 radical (unpaired) electrons. The van der Waals surface area contributed by atoms with Crippen LogP contribution >= 0.6 is 38.5 Å². The second-order valence-corrected chi connectivity index (χ2v) is 7.73. The number of halogens is 2. The van der Waals surface area contributed by atoms with Crippen LogP contribution in [0.4, 0.5) is 10.5 Å². The molecule has 7 nitrogen and oxygen atoms in total. The number of nitrogens with zero attached hydrogens (tertiary/aromatic N) is 1. The molecule has 2 aromatic carbocycles. The molecule has 9 heteroatoms. The lowest BCUT2D eigenvalue weighted by atomic mass is 10.1. The van der Waals surface area contributed by atoms with E-state index >= 15 is 0 Å². The molecule has 0 aromatic heterocycles. The molecule has 0 saturated carbocycles. The molecule has 0 aliphatic carbocycles. The highest BCUT2D eigenvalue weighted by Crippen LogP contribution is 2.32. The first-order valence-electron chi connectivity index (χ1n) is 8.14. The Morgan fingerprint density at radius 2 is 1.89 bits per heavy atom. The van der Waals surface area contributed by atoms with Gasteiger partial charge in [-0.2, -0.15) is 0 Å². The van der Waals surface area contributed by atoms with Crippen molar-refractivity contribution in [3.8, 4) is 11.5 Å². The minimum Gasteiger partial charge on any atom is -0.506 e. The molecular formula is C19H14BrIN2O5. The van der Waals surface area contributed by atoms with E-state index in [0.717, 1.165) is 4.90 Å². The molecule has 0 bridgehead atoms. The second-order valence-electron chi connectivity index (χ2n) is 5.72. The third-order valence-corrected chi connectivity index (χ3v) is 5.28. The van der Waals surface area contributed by atoms with Crippen molar-refractivity contribution in [1.82, 2.24) is 5.32 Å². The summed E-state index contributed by atoms with van der Waals surface area (Å²) in [6.45, 7) is 2.34. The highest BCUT2D eigenvalue weighted by molar-refractivity contribution is 14.1. The normalized spacial score (nSPS) is 15.8. The average Bonchev–Trinajstić information content (AvgIpc) is 2.64. The lowest BCUT2D eigenvalue weighted by molar-refractivity contribution is -0.122. The number of ether oxygens (including phenoxy) is 1. The number of amides is 4. The summed E-state index contributed by atoms with van der Waals surface area (Å²) in [5.41, 5.74) is 0.640. The molecule has 1 saturated heterocycles. The third kappa shape index (κ3) is 4.04. The summed E-state index contributed by atoms with van der Waals surface area (Å²) in [6, 6.07) is 8.77. The molecular weight excluding hydrogens is 543 g/mol. The fourth-order valence-corrected chi connectivity index (χ4v) is 4.08. The smallest absolute Gasteiger partial charge is 0.335 e. The summed E-state index contributed by atoms with van der Waals surface area (Å²) in [5, 5.41) is 12.0. The number of nitrogens with one attached hydrogen (secondary N) is 1. The number of rotatable bonds is 4. The van der Waals surface area contributed by atoms with Crippen molar-refractivity contribution in [1.29, 1.82) is 0 Å². The third-order valence-electron chi connectivity index (χ3n) is 3.86. The van der Waals surface area contributed by atoms with E-state index in [2.05, 4.69) is 21.2 Å². The molecule has 1 aliphatic rings. The van der Waals surface area contributed by atoms with E-state index in [1.807, 2.05) is 29.5 Å². The summed E-state index contributed by atoms with van der Waals surface area (Å²) >= 11 is 5.16. The zero-order valence-electron chi connectivity index (χ0n) is 14.5. The zero-order valence-corrected chi connectivity index (χ0v) is 18.3. The van der Waals surface area contributed by atoms with E-state index in [-0.39, 0.29) is 11.3 Å². The van der Waals surface area contributed by atoms with Gasteiger partial charge in [0, 0.05) is 0 Å². The van der Waals surface area contributed by atoms with Crippen LogP contribution in [-0.4, -0.2) is 29.6 Å². The maximum atomic E-state index is 12.9. The van der Waals surface area contributed by atoms with Crippen LogP contribution < -0.4 is 15.0 Å². The van der Waals surface area contributed by atoms with Crippen molar-refractivity contribution in [2.75, 3.05) is 11.5 Å². The molecule has 1 heterocycles. The minimum atomic E-state index is -0.822. The Morgan fingerprint density at radius 1 is 1.21 bits per heavy atom. The molecule has 0 spiro atoms. The quantitative estimate of drug-likeness (QED) is 0.339. The molecule has 2 aromatic rings. The van der Waals surface area contributed by atoms with Crippen molar-refractivity contribution < 1.29 is 24.2 Å². The molecule has 1 fully saturated rings. The fourth-order valence-electron chi connectivity index (χ4n) is 2.59. The Morgan fingerprint density at radius 3 is 2.50 bits per heavy atom. The number of anilines is 1. The number of carbonyl (C=O) groups is 3. The highest BCUT2D eigenvalue weighted by atomic mass is 127. The van der Waals surface area contributed by atoms with Gasteiger partial charge in [-0.25, -0.2) is 9.69 Å². The fraction of sp³-hybridized carbons (Fsp3) is 0.105. The van der Waals surface area contributed by atoms with Gasteiger partial charge in [0.1, 0.15) is 17.1 Å². The van der Waals surface area contributed by atoms with Crippen molar-refractivity contribution >= 4 is 68.1 Å². The molecule has 4 amide bonds. The minimum absolute atomic E-state index is 0.0633. The first kappa shape index (κ1) is 20.3. The summed E-state index contributed by atoms with van der Waals surface area (Å²) in [5.74, 6) is -0.853. The van der Waals surface area contributed by atoms with Gasteiger partial charge in [-0.1, -0.05) is 0 Å². The van der Waals surface area contributed by atoms with Crippen LogP contribution in [-0.2, 0) is 9.59 Å². The number of hydrogen-bond donors (Lipinski definition) is 2. The van der Waals surface area contributed by atoms with Gasteiger partial charge in [-0.3, -0.25) is 14.9 Å². The second kappa shape index (κ2) is 8.31. The Kier molecular flexibility index (Phi) is 6.04. The Balaban J connectivity index is 1.98. The van der Waals surface area contributed by atoms with Crippen molar-refractivity contribution in [3.05, 3.63) is 55.6 Å². The molecule has 3 rings (SSSR count). The zero-order chi connectivity index (χ0) is 20.4. The van der Waals surface area contributed by atoms with Gasteiger partial charge in [-0.05, 0) is 93.5 Å². The van der Waals surface area contributed by atoms with Gasteiger partial charge in [0.15, 0.2) is 0 Å². The number of carbonyl (C=O) groups excluding carboxylic acids is 3. The maximum absolute atomic E-state index is 12.9. The average molecular weight is 557 g/mol. The van der Waals surface area contributed by atoms with Gasteiger partial charge in [0.05, 0.1) is 20.3 Å². The topological polar surface area (TPSA) is 95.9 Å². The van der Waals surface area contributed by atoms with E-state index < -0.39 is 17.8 Å². The Labute approximate surface area is 182 Å². The molecule has 0 atom stereocenters. The number of benzene rings is 2. The van der Waals surface area contributed by atoms with Crippen LogP contribution in [0.3, 0.4) is 0 Å². The molecule has 2 N–H and O–H groups in total. The molecule has 28 heavy (non-hydrogen) atoms. The largest absolute Gasteiger partial charge is 0.506 e. The first-order valence-corrected chi connectivity index (χ1v) is 10.0. The summed E-state index contributed by atoms with van der Waals surface area (Å²) in [6.07, 6.45) is 1.37. The Bertz CT molecular complexity index is 981. The van der Waals surface area contributed by atoms with Crippen LogP contribution in [0.2, 0.25) is 0 Å². The standard InChI is InChI=1S/C19H14BrIN2O5/c1-2-28-12-5-3-11(4-6-12)23-18(26)13(17(25)22-19(23)27)7-10-8-14(20)16(24)15(21)9-10/h3-9,24H,2H2,1H3,(H,22,25,27)/b13-7-. The number of imide groups is 2. The molecule has 1 aliphatic heterocycles. The summed E-state index contributed by atoms with van der Waals surface area (Å²) in [4.78, 5) is 38.3. The van der Waals surface area contributed by atoms with E-state index in [4.69, 9.17) is 4.74 Å². The van der Waals surface area contributed by atoms with Gasteiger partial charge < -0.3 is 9.84 Å². The van der Waals surface area contributed by atoms with Crippen LogP contribution in [0.1, 0.15) is 12.5 Å². The van der Waals surface area contributed by atoms with Crippen LogP contribution in [0.5, 0.6) is 11.5 Å². The van der Waals surface area contributed by atoms with Gasteiger partial charge in [0.2, 0.25) is 0 Å². The van der Waals surface area contributed by atoms with Crippen LogP contribution in [0, 0.1) is 3.57 Å². The lowest BCUT2D eigenvalue weighted by Crippen LogP contribution is -2.54. The SMILES string of the molecule is CCOc1ccc(N2C(=O)NC(=O)/C(=C/c3cc(Br)c(O)c(I)c3)C2=O)cc1. The predicted octanol–water partition coefficient (Wildman–Crippen LogP) is 3.82. The lowest BCUT2D eigenvalue weighted by Gasteiger charge is -2.26. The molecule has 144 valence electrons.